The van der Waals surface area contributed by atoms with E-state index in [4.69, 9.17) is 4.42 Å². The highest BCUT2D eigenvalue weighted by Gasteiger charge is 2.17. The number of carbonyl (C=O) groups excluding carboxylic acids is 2. The molecule has 0 bridgehead atoms. The molecule has 0 radical (unpaired) electrons. The van der Waals surface area contributed by atoms with Crippen molar-refractivity contribution in [3.63, 3.8) is 0 Å². The van der Waals surface area contributed by atoms with E-state index in [0.29, 0.717) is 11.2 Å². The van der Waals surface area contributed by atoms with Crippen LogP contribution in [0.15, 0.2) is 86.0 Å². The monoisotopic (exact) mass is 502 g/mol. The van der Waals surface area contributed by atoms with E-state index in [1.165, 1.54) is 6.07 Å². The van der Waals surface area contributed by atoms with Gasteiger partial charge in [-0.1, -0.05) is 58.4 Å². The second-order valence-electron chi connectivity index (χ2n) is 5.84. The van der Waals surface area contributed by atoms with Crippen molar-refractivity contribution < 1.29 is 14.0 Å². The number of hydrogen-bond donors (Lipinski definition) is 2. The van der Waals surface area contributed by atoms with E-state index in [-0.39, 0.29) is 11.5 Å². The van der Waals surface area contributed by atoms with Crippen LogP contribution in [0.1, 0.15) is 21.7 Å². The average molecular weight is 504 g/mol. The molecule has 7 heteroatoms. The molecular weight excluding hydrogens is 488 g/mol. The molecule has 0 aliphatic rings. The topological polar surface area (TPSA) is 71.3 Å². The molecule has 3 aromatic rings. The maximum absolute atomic E-state index is 12.7. The van der Waals surface area contributed by atoms with E-state index < -0.39 is 11.8 Å². The highest BCUT2D eigenvalue weighted by molar-refractivity contribution is 9.10. The molecule has 0 fully saturated rings. The first kappa shape index (κ1) is 20.1. The molecule has 2 N–H and O–H groups in total. The van der Waals surface area contributed by atoms with Gasteiger partial charge < -0.3 is 15.1 Å². The predicted octanol–water partition coefficient (Wildman–Crippen LogP) is 4.89. The molecule has 0 atom stereocenters. The quantitative estimate of drug-likeness (QED) is 0.470. The number of benzene rings is 2. The van der Waals surface area contributed by atoms with Crippen molar-refractivity contribution in [1.82, 2.24) is 10.6 Å². The number of amides is 2. The molecule has 28 heavy (non-hydrogen) atoms. The van der Waals surface area contributed by atoms with E-state index >= 15 is 0 Å². The van der Waals surface area contributed by atoms with Crippen molar-refractivity contribution in [2.24, 2.45) is 0 Å². The van der Waals surface area contributed by atoms with Gasteiger partial charge in [-0.25, -0.2) is 0 Å². The summed E-state index contributed by atoms with van der Waals surface area (Å²) in [5, 5.41) is 5.45. The maximum atomic E-state index is 12.7. The molecule has 3 rings (SSSR count). The van der Waals surface area contributed by atoms with E-state index in [0.717, 1.165) is 15.6 Å². The van der Waals surface area contributed by atoms with Gasteiger partial charge in [0.15, 0.2) is 10.4 Å². The normalized spacial score (nSPS) is 11.1. The second kappa shape index (κ2) is 9.52. The minimum atomic E-state index is -0.510. The first-order chi connectivity index (χ1) is 13.5. The van der Waals surface area contributed by atoms with Gasteiger partial charge in [0.1, 0.15) is 5.70 Å². The van der Waals surface area contributed by atoms with Crippen LogP contribution in [0.2, 0.25) is 0 Å². The zero-order valence-corrected chi connectivity index (χ0v) is 17.8. The molecule has 1 heterocycles. The van der Waals surface area contributed by atoms with Crippen LogP contribution in [0.25, 0.3) is 6.08 Å². The number of nitrogens with one attached hydrogen (secondary N) is 2. The van der Waals surface area contributed by atoms with Crippen LogP contribution in [-0.2, 0) is 11.3 Å². The fraction of sp³-hybridized carbons (Fsp3) is 0.0476. The SMILES string of the molecule is O=C(NCc1ccccc1)C(=Cc1ccc(Br)cc1)NC(=O)c1ccc(Br)o1. The summed E-state index contributed by atoms with van der Waals surface area (Å²) >= 11 is 6.54. The molecule has 2 amide bonds. The lowest BCUT2D eigenvalue weighted by Gasteiger charge is -2.10. The van der Waals surface area contributed by atoms with Crippen LogP contribution in [0.3, 0.4) is 0 Å². The zero-order valence-electron chi connectivity index (χ0n) is 14.6. The van der Waals surface area contributed by atoms with Crippen molar-refractivity contribution in [3.8, 4) is 0 Å². The lowest BCUT2D eigenvalue weighted by atomic mass is 10.1. The number of rotatable bonds is 6. The van der Waals surface area contributed by atoms with Crippen molar-refractivity contribution >= 4 is 49.8 Å². The molecule has 0 saturated carbocycles. The molecule has 0 unspecified atom stereocenters. The standard InChI is InChI=1S/C21H16Br2N2O3/c22-16-8-6-14(7-9-16)12-17(25-21(27)18-10-11-19(23)28-18)20(26)24-13-15-4-2-1-3-5-15/h1-12H,13H2,(H,24,26)(H,25,27). The summed E-state index contributed by atoms with van der Waals surface area (Å²) in [6.07, 6.45) is 1.61. The van der Waals surface area contributed by atoms with Crippen LogP contribution in [0.4, 0.5) is 0 Å². The summed E-state index contributed by atoms with van der Waals surface area (Å²) in [6, 6.07) is 20.1. The summed E-state index contributed by atoms with van der Waals surface area (Å²) in [5.41, 5.74) is 1.85. The Hall–Kier alpha value is -2.64. The molecule has 0 aliphatic heterocycles. The summed E-state index contributed by atoms with van der Waals surface area (Å²) in [4.78, 5) is 25.2. The molecule has 0 aliphatic carbocycles. The third-order valence-electron chi connectivity index (χ3n) is 3.77. The number of furan rings is 1. The van der Waals surface area contributed by atoms with Crippen LogP contribution in [-0.4, -0.2) is 11.8 Å². The Bertz CT molecular complexity index is 996. The van der Waals surface area contributed by atoms with Crippen molar-refractivity contribution in [2.45, 2.75) is 6.54 Å². The average Bonchev–Trinajstić information content (AvgIpc) is 3.14. The Morgan fingerprint density at radius 3 is 2.29 bits per heavy atom. The summed E-state index contributed by atoms with van der Waals surface area (Å²) < 4.78 is 6.62. The van der Waals surface area contributed by atoms with Crippen molar-refractivity contribution in [2.75, 3.05) is 0 Å². The van der Waals surface area contributed by atoms with Gasteiger partial charge in [-0.15, -0.1) is 0 Å². The highest BCUT2D eigenvalue weighted by atomic mass is 79.9. The Morgan fingerprint density at radius 1 is 0.929 bits per heavy atom. The third-order valence-corrected chi connectivity index (χ3v) is 4.72. The lowest BCUT2D eigenvalue weighted by molar-refractivity contribution is -0.117. The first-order valence-corrected chi connectivity index (χ1v) is 9.96. The van der Waals surface area contributed by atoms with Crippen LogP contribution < -0.4 is 10.6 Å². The van der Waals surface area contributed by atoms with Gasteiger partial charge in [-0.05, 0) is 57.4 Å². The molecular formula is C21H16Br2N2O3. The number of carbonyl (C=O) groups is 2. The Labute approximate surface area is 179 Å². The van der Waals surface area contributed by atoms with E-state index in [2.05, 4.69) is 42.5 Å². The minimum Gasteiger partial charge on any atom is -0.444 e. The molecule has 1 aromatic heterocycles. The van der Waals surface area contributed by atoms with Crippen LogP contribution >= 0.6 is 31.9 Å². The van der Waals surface area contributed by atoms with Gasteiger partial charge in [0.05, 0.1) is 0 Å². The Balaban J connectivity index is 1.79. The second-order valence-corrected chi connectivity index (χ2v) is 7.53. The van der Waals surface area contributed by atoms with Crippen LogP contribution in [0.5, 0.6) is 0 Å². The van der Waals surface area contributed by atoms with Crippen LogP contribution in [0, 0.1) is 0 Å². The highest BCUT2D eigenvalue weighted by Crippen LogP contribution is 2.16. The smallest absolute Gasteiger partial charge is 0.291 e. The van der Waals surface area contributed by atoms with Crippen molar-refractivity contribution in [3.05, 3.63) is 98.5 Å². The fourth-order valence-corrected chi connectivity index (χ4v) is 2.95. The number of hydrogen-bond acceptors (Lipinski definition) is 3. The third kappa shape index (κ3) is 5.68. The first-order valence-electron chi connectivity index (χ1n) is 8.37. The molecule has 0 spiro atoms. The van der Waals surface area contributed by atoms with Gasteiger partial charge in [0.2, 0.25) is 0 Å². The van der Waals surface area contributed by atoms with Gasteiger partial charge in [-0.2, -0.15) is 0 Å². The summed E-state index contributed by atoms with van der Waals surface area (Å²) in [5.74, 6) is -0.806. The van der Waals surface area contributed by atoms with Gasteiger partial charge in [0.25, 0.3) is 11.8 Å². The maximum Gasteiger partial charge on any atom is 0.291 e. The van der Waals surface area contributed by atoms with E-state index in [9.17, 15) is 9.59 Å². The Morgan fingerprint density at radius 2 is 1.64 bits per heavy atom. The molecule has 5 nitrogen and oxygen atoms in total. The number of halogens is 2. The fourth-order valence-electron chi connectivity index (χ4n) is 2.38. The van der Waals surface area contributed by atoms with Gasteiger partial charge >= 0.3 is 0 Å². The van der Waals surface area contributed by atoms with Gasteiger partial charge in [0, 0.05) is 11.0 Å². The van der Waals surface area contributed by atoms with E-state index in [1.54, 1.807) is 12.1 Å². The lowest BCUT2D eigenvalue weighted by Crippen LogP contribution is -2.34. The van der Waals surface area contributed by atoms with Crippen molar-refractivity contribution in [1.29, 1.82) is 0 Å². The summed E-state index contributed by atoms with van der Waals surface area (Å²) in [6.45, 7) is 0.347. The zero-order chi connectivity index (χ0) is 19.9. The Kier molecular flexibility index (Phi) is 6.84. The predicted molar refractivity (Wildman–Crippen MR) is 114 cm³/mol. The molecule has 142 valence electrons. The largest absolute Gasteiger partial charge is 0.444 e. The van der Waals surface area contributed by atoms with E-state index in [1.807, 2.05) is 54.6 Å². The molecule has 0 saturated heterocycles. The molecule has 2 aromatic carbocycles. The van der Waals surface area contributed by atoms with Gasteiger partial charge in [-0.3, -0.25) is 9.59 Å². The minimum absolute atomic E-state index is 0.101. The summed E-state index contributed by atoms with van der Waals surface area (Å²) in [7, 11) is 0.